The quantitative estimate of drug-likeness (QED) is 0.421. The van der Waals surface area contributed by atoms with Crippen molar-refractivity contribution in [3.05, 3.63) is 29.8 Å². The first-order valence-corrected chi connectivity index (χ1v) is 12.2. The van der Waals surface area contributed by atoms with Crippen LogP contribution in [0, 0.1) is 0 Å². The fraction of sp³-hybridized carbons (Fsp3) is 0.636. The number of carbonyl (C=O) groups is 1. The molecule has 0 saturated heterocycles. The minimum absolute atomic E-state index is 0.0479. The third kappa shape index (κ3) is 8.17. The predicted molar refractivity (Wildman–Crippen MR) is 123 cm³/mol. The van der Waals surface area contributed by atoms with E-state index in [0.717, 1.165) is 61.6 Å². The lowest BCUT2D eigenvalue weighted by Gasteiger charge is -2.30. The lowest BCUT2D eigenvalue weighted by molar-refractivity contribution is -0.116. The molecule has 1 aromatic rings. The monoisotopic (exact) mass is 420 g/mol. The number of nitrogens with one attached hydrogen (secondary N) is 3. The largest absolute Gasteiger partial charge is 0.357 e. The fourth-order valence-electron chi connectivity index (χ4n) is 3.58. The molecule has 1 aromatic carbocycles. The Morgan fingerprint density at radius 2 is 1.93 bits per heavy atom. The molecule has 3 atom stereocenters. The van der Waals surface area contributed by atoms with Crippen LogP contribution in [0.1, 0.15) is 64.9 Å². The van der Waals surface area contributed by atoms with E-state index in [1.54, 1.807) is 0 Å². The molecule has 29 heavy (non-hydrogen) atoms. The maximum absolute atomic E-state index is 12.2. The van der Waals surface area contributed by atoms with Crippen LogP contribution in [0.25, 0.3) is 0 Å². The number of guanidine groups is 1. The van der Waals surface area contributed by atoms with E-state index in [1.165, 1.54) is 0 Å². The van der Waals surface area contributed by atoms with Gasteiger partial charge in [-0.25, -0.2) is 4.99 Å². The summed E-state index contributed by atoms with van der Waals surface area (Å²) in [5.74, 6) is 1.59. The first-order valence-electron chi connectivity index (χ1n) is 10.9. The summed E-state index contributed by atoms with van der Waals surface area (Å²) in [4.78, 5) is 16.4. The number of benzene rings is 1. The highest BCUT2D eigenvalue weighted by Crippen LogP contribution is 2.23. The number of carbonyl (C=O) groups excluding carboxylic acids is 1. The van der Waals surface area contributed by atoms with Gasteiger partial charge >= 0.3 is 0 Å². The smallest absolute Gasteiger partial charge is 0.224 e. The van der Waals surface area contributed by atoms with Gasteiger partial charge in [0.1, 0.15) is 0 Å². The number of hydrogen-bond acceptors (Lipinski definition) is 3. The Balaban J connectivity index is 1.92. The summed E-state index contributed by atoms with van der Waals surface area (Å²) in [5.41, 5.74) is 1.91. The van der Waals surface area contributed by atoms with E-state index < -0.39 is 10.8 Å². The second-order valence-corrected chi connectivity index (χ2v) is 9.50. The van der Waals surface area contributed by atoms with E-state index in [4.69, 9.17) is 4.99 Å². The van der Waals surface area contributed by atoms with Crippen molar-refractivity contribution in [3.8, 4) is 0 Å². The van der Waals surface area contributed by atoms with Crippen LogP contribution in [0.15, 0.2) is 29.3 Å². The molecular weight excluding hydrogens is 384 g/mol. The Bertz CT molecular complexity index is 691. The number of aliphatic imine (C=N–C) groups is 1. The van der Waals surface area contributed by atoms with Crippen molar-refractivity contribution in [2.24, 2.45) is 4.99 Å². The van der Waals surface area contributed by atoms with Gasteiger partial charge in [-0.1, -0.05) is 32.4 Å². The predicted octanol–water partition coefficient (Wildman–Crippen LogP) is 3.56. The molecule has 6 nitrogen and oxygen atoms in total. The molecule has 0 bridgehead atoms. The topological polar surface area (TPSA) is 82.6 Å². The average molecular weight is 421 g/mol. The van der Waals surface area contributed by atoms with Crippen LogP contribution in [0.5, 0.6) is 0 Å². The van der Waals surface area contributed by atoms with Gasteiger partial charge in [-0.3, -0.25) is 9.00 Å². The summed E-state index contributed by atoms with van der Waals surface area (Å²) in [6, 6.07) is 8.15. The van der Waals surface area contributed by atoms with Crippen LogP contribution in [0.3, 0.4) is 0 Å². The summed E-state index contributed by atoms with van der Waals surface area (Å²) >= 11 is 0. The number of rotatable bonds is 9. The molecule has 0 aromatic heterocycles. The Hall–Kier alpha value is -1.89. The highest BCUT2D eigenvalue weighted by atomic mass is 32.2. The first-order chi connectivity index (χ1) is 14.0. The van der Waals surface area contributed by atoms with Gasteiger partial charge in [0.25, 0.3) is 0 Å². The van der Waals surface area contributed by atoms with Crippen LogP contribution in [-0.2, 0) is 22.1 Å². The number of amides is 1. The Morgan fingerprint density at radius 1 is 1.17 bits per heavy atom. The molecular formula is C22H36N4O2S. The molecule has 162 valence electrons. The van der Waals surface area contributed by atoms with Gasteiger partial charge in [0.05, 0.1) is 6.54 Å². The molecule has 3 unspecified atom stereocenters. The van der Waals surface area contributed by atoms with Gasteiger partial charge in [0.2, 0.25) is 5.91 Å². The summed E-state index contributed by atoms with van der Waals surface area (Å²) < 4.78 is 12.2. The number of nitrogens with zero attached hydrogens (tertiary/aromatic N) is 1. The summed E-state index contributed by atoms with van der Waals surface area (Å²) in [6.07, 6.45) is 5.59. The van der Waals surface area contributed by atoms with Crippen molar-refractivity contribution in [3.63, 3.8) is 0 Å². The zero-order valence-corrected chi connectivity index (χ0v) is 18.8. The van der Waals surface area contributed by atoms with Gasteiger partial charge < -0.3 is 16.0 Å². The van der Waals surface area contributed by atoms with E-state index >= 15 is 0 Å². The van der Waals surface area contributed by atoms with Crippen LogP contribution >= 0.6 is 0 Å². The van der Waals surface area contributed by atoms with Gasteiger partial charge in [0, 0.05) is 46.5 Å². The Morgan fingerprint density at radius 3 is 2.59 bits per heavy atom. The van der Waals surface area contributed by atoms with Gasteiger partial charge in [-0.15, -0.1) is 0 Å². The normalized spacial score (nSPS) is 20.7. The lowest BCUT2D eigenvalue weighted by atomic mass is 9.95. The molecule has 1 aliphatic carbocycles. The molecule has 1 fully saturated rings. The molecule has 1 amide bonds. The highest BCUT2D eigenvalue weighted by molar-refractivity contribution is 7.85. The third-order valence-corrected chi connectivity index (χ3v) is 6.84. The zero-order valence-electron chi connectivity index (χ0n) is 18.0. The highest BCUT2D eigenvalue weighted by Gasteiger charge is 2.26. The molecule has 7 heteroatoms. The van der Waals surface area contributed by atoms with E-state index in [2.05, 4.69) is 22.9 Å². The van der Waals surface area contributed by atoms with E-state index in [0.29, 0.717) is 24.3 Å². The van der Waals surface area contributed by atoms with Crippen molar-refractivity contribution < 1.29 is 9.00 Å². The van der Waals surface area contributed by atoms with Crippen LogP contribution in [0.4, 0.5) is 5.69 Å². The summed E-state index contributed by atoms with van der Waals surface area (Å²) in [7, 11) is -0.725. The number of anilines is 1. The minimum atomic E-state index is -0.725. The maximum atomic E-state index is 12.2. The Kier molecular flexibility index (Phi) is 10.2. The SMILES string of the molecule is CCCC(=O)Nc1ccc(CN=C(NCC)NC2CCCC(S(=O)CC)C2)cc1. The number of hydrogen-bond donors (Lipinski definition) is 3. The maximum Gasteiger partial charge on any atom is 0.224 e. The minimum Gasteiger partial charge on any atom is -0.357 e. The van der Waals surface area contributed by atoms with Crippen LogP contribution in [0.2, 0.25) is 0 Å². The molecule has 0 heterocycles. The zero-order chi connectivity index (χ0) is 21.1. The molecule has 0 radical (unpaired) electrons. The molecule has 0 aliphatic heterocycles. The molecule has 2 rings (SSSR count). The lowest BCUT2D eigenvalue weighted by Crippen LogP contribution is -2.46. The van der Waals surface area contributed by atoms with Crippen molar-refractivity contribution in [2.75, 3.05) is 17.6 Å². The Labute approximate surface area is 177 Å². The fourth-order valence-corrected chi connectivity index (χ4v) is 4.93. The van der Waals surface area contributed by atoms with Crippen LogP contribution < -0.4 is 16.0 Å². The van der Waals surface area contributed by atoms with E-state index in [-0.39, 0.29) is 5.91 Å². The third-order valence-electron chi connectivity index (χ3n) is 5.10. The standard InChI is InChI=1S/C22H36N4O2S/c1-4-8-21(27)25-18-13-11-17(12-14-18)16-24-22(23-5-2)26-19-9-7-10-20(15-19)29(28)6-3/h11-14,19-20H,4-10,15-16H2,1-3H3,(H,25,27)(H2,23,24,26). The van der Waals surface area contributed by atoms with Gasteiger partial charge in [0.15, 0.2) is 5.96 Å². The van der Waals surface area contributed by atoms with E-state index in [9.17, 15) is 9.00 Å². The summed E-state index contributed by atoms with van der Waals surface area (Å²) in [6.45, 7) is 7.41. The molecule has 1 aliphatic rings. The average Bonchev–Trinajstić information content (AvgIpc) is 2.73. The summed E-state index contributed by atoms with van der Waals surface area (Å²) in [5, 5.41) is 10.0. The van der Waals surface area contributed by atoms with Gasteiger partial charge in [-0.2, -0.15) is 0 Å². The second-order valence-electron chi connectivity index (χ2n) is 7.49. The van der Waals surface area contributed by atoms with Crippen LogP contribution in [-0.4, -0.2) is 39.7 Å². The van der Waals surface area contributed by atoms with Crippen molar-refractivity contribution in [1.82, 2.24) is 10.6 Å². The first kappa shape index (κ1) is 23.4. The van der Waals surface area contributed by atoms with Crippen molar-refractivity contribution in [1.29, 1.82) is 0 Å². The second kappa shape index (κ2) is 12.6. The molecule has 0 spiro atoms. The molecule has 3 N–H and O–H groups in total. The van der Waals surface area contributed by atoms with Crippen molar-refractivity contribution >= 4 is 28.4 Å². The van der Waals surface area contributed by atoms with Gasteiger partial charge in [-0.05, 0) is 50.3 Å². The van der Waals surface area contributed by atoms with Crippen molar-refractivity contribution in [2.45, 2.75) is 77.1 Å². The van der Waals surface area contributed by atoms with E-state index in [1.807, 2.05) is 38.1 Å². The molecule has 1 saturated carbocycles.